The Morgan fingerprint density at radius 1 is 0.472 bits per heavy atom. The Balaban J connectivity index is 1.65. The van der Waals surface area contributed by atoms with Gasteiger partial charge in [0.1, 0.15) is 11.5 Å². The van der Waals surface area contributed by atoms with Crippen molar-refractivity contribution < 1.29 is 33.3 Å². The highest BCUT2D eigenvalue weighted by molar-refractivity contribution is 5.99. The van der Waals surface area contributed by atoms with Gasteiger partial charge in [0.2, 0.25) is 0 Å². The van der Waals surface area contributed by atoms with E-state index in [0.29, 0.717) is 33.4 Å². The zero-order valence-corrected chi connectivity index (χ0v) is 19.6. The minimum Gasteiger partial charge on any atom is -0.465 e. The van der Waals surface area contributed by atoms with E-state index < -0.39 is 18.1 Å². The van der Waals surface area contributed by atoms with Crippen molar-refractivity contribution in [3.63, 3.8) is 0 Å². The van der Waals surface area contributed by atoms with Crippen LogP contribution in [0.3, 0.4) is 0 Å². The van der Waals surface area contributed by atoms with Gasteiger partial charge in [-0.25, -0.2) is 14.4 Å². The summed E-state index contributed by atoms with van der Waals surface area (Å²) in [6, 6.07) is 27.3. The third-order valence-electron chi connectivity index (χ3n) is 5.41. The number of hydrogen-bond acceptors (Lipinski definition) is 7. The zero-order chi connectivity index (χ0) is 25.5. The van der Waals surface area contributed by atoms with E-state index in [1.165, 1.54) is 14.2 Å². The van der Waals surface area contributed by atoms with Gasteiger partial charge < -0.3 is 18.9 Å². The van der Waals surface area contributed by atoms with Crippen LogP contribution in [0.5, 0.6) is 11.5 Å². The Morgan fingerprint density at radius 2 is 0.806 bits per heavy atom. The summed E-state index contributed by atoms with van der Waals surface area (Å²) >= 11 is 0. The lowest BCUT2D eigenvalue weighted by Gasteiger charge is -2.15. The molecule has 0 aliphatic carbocycles. The summed E-state index contributed by atoms with van der Waals surface area (Å²) in [7, 11) is 2.60. The molecular weight excluding hydrogens is 460 g/mol. The average molecular weight is 482 g/mol. The van der Waals surface area contributed by atoms with E-state index in [1.807, 2.05) is 0 Å². The summed E-state index contributed by atoms with van der Waals surface area (Å²) in [4.78, 5) is 37.4. The number of rotatable bonds is 6. The lowest BCUT2D eigenvalue weighted by atomic mass is 9.99. The maximum Gasteiger partial charge on any atom is 0.519 e. The molecule has 0 amide bonds. The first-order valence-corrected chi connectivity index (χ1v) is 11.0. The summed E-state index contributed by atoms with van der Waals surface area (Å²) in [6.07, 6.45) is -0.985. The Bertz CT molecular complexity index is 1320. The second-order valence-electron chi connectivity index (χ2n) is 7.52. The first kappa shape index (κ1) is 24.2. The van der Waals surface area contributed by atoms with Crippen molar-refractivity contribution >= 4 is 18.1 Å². The molecule has 0 spiro atoms. The number of carbonyl (C=O) groups excluding carboxylic acids is 3. The normalized spacial score (nSPS) is 10.3. The summed E-state index contributed by atoms with van der Waals surface area (Å²) in [5, 5.41) is 0. The molecule has 0 saturated carbocycles. The SMILES string of the molecule is COC(=O)c1ccccc1-c1ccccc1OC(=O)Oc1ccccc1-c1ccccc1C(=O)OC. The van der Waals surface area contributed by atoms with Crippen molar-refractivity contribution in [2.24, 2.45) is 0 Å². The van der Waals surface area contributed by atoms with E-state index in [9.17, 15) is 14.4 Å². The molecule has 0 atom stereocenters. The summed E-state index contributed by atoms with van der Waals surface area (Å²) < 4.78 is 20.9. The van der Waals surface area contributed by atoms with E-state index in [4.69, 9.17) is 18.9 Å². The number of carbonyl (C=O) groups is 3. The summed E-state index contributed by atoms with van der Waals surface area (Å²) in [5.74, 6) is -0.625. The van der Waals surface area contributed by atoms with Gasteiger partial charge in [-0.2, -0.15) is 0 Å². The predicted molar refractivity (Wildman–Crippen MR) is 133 cm³/mol. The summed E-state index contributed by atoms with van der Waals surface area (Å²) in [6.45, 7) is 0. The molecule has 0 fully saturated rings. The van der Waals surface area contributed by atoms with E-state index >= 15 is 0 Å². The van der Waals surface area contributed by atoms with Crippen LogP contribution >= 0.6 is 0 Å². The van der Waals surface area contributed by atoms with Gasteiger partial charge in [0.15, 0.2) is 0 Å². The monoisotopic (exact) mass is 482 g/mol. The zero-order valence-electron chi connectivity index (χ0n) is 19.6. The maximum absolute atomic E-state index is 12.9. The molecule has 4 rings (SSSR count). The Morgan fingerprint density at radius 3 is 1.19 bits per heavy atom. The summed E-state index contributed by atoms with van der Waals surface area (Å²) in [5.41, 5.74) is 2.77. The smallest absolute Gasteiger partial charge is 0.465 e. The van der Waals surface area contributed by atoms with E-state index in [2.05, 4.69) is 0 Å². The van der Waals surface area contributed by atoms with Crippen molar-refractivity contribution in [3.8, 4) is 33.8 Å². The van der Waals surface area contributed by atoms with Crippen LogP contribution in [0.4, 0.5) is 4.79 Å². The number of benzene rings is 4. The van der Waals surface area contributed by atoms with Gasteiger partial charge in [0.05, 0.1) is 25.3 Å². The minimum atomic E-state index is -0.985. The quantitative estimate of drug-likeness (QED) is 0.240. The van der Waals surface area contributed by atoms with Gasteiger partial charge >= 0.3 is 18.1 Å². The minimum absolute atomic E-state index is 0.200. The topological polar surface area (TPSA) is 88.1 Å². The molecular formula is C29H22O7. The van der Waals surface area contributed by atoms with Crippen LogP contribution in [0.2, 0.25) is 0 Å². The number of hydrogen-bond donors (Lipinski definition) is 0. The van der Waals surface area contributed by atoms with Crippen molar-refractivity contribution in [1.29, 1.82) is 0 Å². The van der Waals surface area contributed by atoms with Gasteiger partial charge in [0.25, 0.3) is 0 Å². The molecule has 0 heterocycles. The van der Waals surface area contributed by atoms with Crippen LogP contribution in [-0.4, -0.2) is 32.3 Å². The van der Waals surface area contributed by atoms with Gasteiger partial charge in [-0.1, -0.05) is 72.8 Å². The highest BCUT2D eigenvalue weighted by Crippen LogP contribution is 2.35. The fourth-order valence-electron chi connectivity index (χ4n) is 3.77. The standard InChI is InChI=1S/C29H22O7/c1-33-27(30)23-15-5-3-11-19(23)21-13-7-9-17-25(21)35-29(32)36-26-18-10-8-14-22(26)20-12-4-6-16-24(20)28(31)34-2/h3-18H,1-2H3. The van der Waals surface area contributed by atoms with Crippen molar-refractivity contribution in [1.82, 2.24) is 0 Å². The molecule has 180 valence electrons. The van der Waals surface area contributed by atoms with Crippen molar-refractivity contribution in [2.45, 2.75) is 0 Å². The number of para-hydroxylation sites is 2. The number of methoxy groups -OCH3 is 2. The molecule has 7 heteroatoms. The van der Waals surface area contributed by atoms with Crippen LogP contribution in [0.15, 0.2) is 97.1 Å². The molecule has 0 saturated heterocycles. The molecule has 4 aromatic carbocycles. The van der Waals surface area contributed by atoms with Crippen molar-refractivity contribution in [3.05, 3.63) is 108 Å². The lowest BCUT2D eigenvalue weighted by molar-refractivity contribution is 0.0592. The fraction of sp³-hybridized carbons (Fsp3) is 0.0690. The van der Waals surface area contributed by atoms with Gasteiger partial charge in [-0.3, -0.25) is 0 Å². The first-order chi connectivity index (χ1) is 17.5. The van der Waals surface area contributed by atoms with Gasteiger partial charge in [0, 0.05) is 11.1 Å². The van der Waals surface area contributed by atoms with Crippen LogP contribution in [0, 0.1) is 0 Å². The molecule has 7 nitrogen and oxygen atoms in total. The Hall–Kier alpha value is -4.91. The molecule has 0 radical (unpaired) electrons. The molecule has 0 bridgehead atoms. The van der Waals surface area contributed by atoms with Crippen LogP contribution < -0.4 is 9.47 Å². The molecule has 0 N–H and O–H groups in total. The molecule has 0 aromatic heterocycles. The van der Waals surface area contributed by atoms with Crippen molar-refractivity contribution in [2.75, 3.05) is 14.2 Å². The fourth-order valence-corrected chi connectivity index (χ4v) is 3.77. The number of ether oxygens (including phenoxy) is 4. The highest BCUT2D eigenvalue weighted by atomic mass is 16.7. The Kier molecular flexibility index (Phi) is 7.41. The van der Waals surface area contributed by atoms with E-state index in [0.717, 1.165) is 0 Å². The van der Waals surface area contributed by atoms with Gasteiger partial charge in [-0.15, -0.1) is 0 Å². The van der Waals surface area contributed by atoms with Gasteiger partial charge in [-0.05, 0) is 35.4 Å². The third kappa shape index (κ3) is 5.10. The second kappa shape index (κ2) is 11.0. The van der Waals surface area contributed by atoms with E-state index in [1.54, 1.807) is 97.1 Å². The second-order valence-corrected chi connectivity index (χ2v) is 7.52. The van der Waals surface area contributed by atoms with Crippen LogP contribution in [-0.2, 0) is 9.47 Å². The largest absolute Gasteiger partial charge is 0.519 e. The average Bonchev–Trinajstić information content (AvgIpc) is 2.92. The highest BCUT2D eigenvalue weighted by Gasteiger charge is 2.20. The maximum atomic E-state index is 12.9. The molecule has 0 unspecified atom stereocenters. The van der Waals surface area contributed by atoms with E-state index in [-0.39, 0.29) is 11.5 Å². The Labute approximate surface area is 207 Å². The lowest BCUT2D eigenvalue weighted by Crippen LogP contribution is -2.15. The van der Waals surface area contributed by atoms with Crippen LogP contribution in [0.1, 0.15) is 20.7 Å². The van der Waals surface area contributed by atoms with Crippen LogP contribution in [0.25, 0.3) is 22.3 Å². The molecule has 36 heavy (non-hydrogen) atoms. The number of esters is 2. The third-order valence-corrected chi connectivity index (χ3v) is 5.41. The predicted octanol–water partition coefficient (Wildman–Crippen LogP) is 6.17. The molecule has 0 aliphatic rings. The molecule has 0 aliphatic heterocycles. The first-order valence-electron chi connectivity index (χ1n) is 11.0. The molecule has 4 aromatic rings.